The first kappa shape index (κ1) is 14.7. The number of carboxylic acid groups (broad SMARTS) is 1. The van der Waals surface area contributed by atoms with Crippen molar-refractivity contribution in [3.63, 3.8) is 0 Å². The fraction of sp³-hybridized carbons (Fsp3) is 0.562. The predicted octanol–water partition coefficient (Wildman–Crippen LogP) is 4.10. The topological polar surface area (TPSA) is 37.3 Å². The van der Waals surface area contributed by atoms with Crippen LogP contribution >= 0.6 is 0 Å². The fourth-order valence-corrected chi connectivity index (χ4v) is 2.11. The third-order valence-corrected chi connectivity index (χ3v) is 3.52. The number of rotatable bonds is 6. The zero-order valence-electron chi connectivity index (χ0n) is 11.8. The second-order valence-corrected chi connectivity index (χ2v) is 5.70. The number of hydrogen-bond acceptors (Lipinski definition) is 1. The highest BCUT2D eigenvalue weighted by atomic mass is 16.6. The van der Waals surface area contributed by atoms with Crippen molar-refractivity contribution in [3.05, 3.63) is 35.4 Å². The summed E-state index contributed by atoms with van der Waals surface area (Å²) in [5.41, 5.74) is 2.57. The molecular weight excluding hydrogens is 226 g/mol. The Balaban J connectivity index is 2.72. The number of carboxylic acids is 1. The van der Waals surface area contributed by atoms with Crippen LogP contribution in [0, 0.1) is 11.8 Å². The van der Waals surface area contributed by atoms with Gasteiger partial charge in [0.2, 0.25) is 0 Å². The smallest absolute Gasteiger partial charge is 0.303 e. The van der Waals surface area contributed by atoms with Gasteiger partial charge in [-0.25, -0.2) is 0 Å². The molecule has 1 rings (SSSR count). The third-order valence-electron chi connectivity index (χ3n) is 3.52. The summed E-state index contributed by atoms with van der Waals surface area (Å²) in [6.45, 7) is 8.54. The molecule has 2 nitrogen and oxygen atoms in total. The van der Waals surface area contributed by atoms with E-state index in [9.17, 15) is 4.79 Å². The van der Waals surface area contributed by atoms with Gasteiger partial charge in [-0.05, 0) is 35.3 Å². The van der Waals surface area contributed by atoms with E-state index in [-0.39, 0.29) is 12.3 Å². The van der Waals surface area contributed by atoms with Crippen LogP contribution in [0.25, 0.3) is 0 Å². The molecule has 1 N–H and O–H groups in total. The Morgan fingerprint density at radius 3 is 2.06 bits per heavy atom. The molecule has 0 aromatic heterocycles. The summed E-state index contributed by atoms with van der Waals surface area (Å²) in [5, 5.41) is 8.93. The molecule has 0 aliphatic heterocycles. The quantitative estimate of drug-likeness (QED) is 0.825. The average Bonchev–Trinajstić information content (AvgIpc) is 2.28. The second kappa shape index (κ2) is 6.58. The van der Waals surface area contributed by atoms with Crippen molar-refractivity contribution >= 4 is 5.97 Å². The van der Waals surface area contributed by atoms with Gasteiger partial charge >= 0.3 is 5.97 Å². The third kappa shape index (κ3) is 4.52. The van der Waals surface area contributed by atoms with Gasteiger partial charge in [-0.2, -0.15) is 0 Å². The van der Waals surface area contributed by atoms with Crippen molar-refractivity contribution < 1.29 is 9.90 Å². The second-order valence-electron chi connectivity index (χ2n) is 5.70. The number of aliphatic carboxylic acids is 1. The summed E-state index contributed by atoms with van der Waals surface area (Å²) in [6, 6.07) is 8.56. The molecule has 0 bridgehead atoms. The van der Waals surface area contributed by atoms with Gasteiger partial charge in [-0.15, -0.1) is 0 Å². The van der Waals surface area contributed by atoms with Crippen molar-refractivity contribution in [1.29, 1.82) is 0 Å². The van der Waals surface area contributed by atoms with Crippen molar-refractivity contribution in [3.8, 4) is 0 Å². The first-order valence-electron chi connectivity index (χ1n) is 6.70. The summed E-state index contributed by atoms with van der Waals surface area (Å²) in [5.74, 6) is 0.449. The molecule has 0 aliphatic carbocycles. The molecule has 1 aromatic rings. The summed E-state index contributed by atoms with van der Waals surface area (Å²) < 4.78 is 0. The minimum Gasteiger partial charge on any atom is -0.481 e. The first-order chi connectivity index (χ1) is 8.40. The highest BCUT2D eigenvalue weighted by Gasteiger charge is 2.17. The molecule has 0 radical (unpaired) electrons. The van der Waals surface area contributed by atoms with Crippen LogP contribution in [-0.2, 0) is 11.2 Å². The standard InChI is InChI=1S/C16H24O2/c1-11(2)14-7-5-13(6-8-14)9-15(12(3)4)10-16(17)18/h5-8,11-12,15H,9-10H2,1-4H3,(H,17,18)/i16+2. The van der Waals surface area contributed by atoms with E-state index < -0.39 is 5.97 Å². The van der Waals surface area contributed by atoms with Crippen LogP contribution in [0.3, 0.4) is 0 Å². The molecule has 0 spiro atoms. The Morgan fingerprint density at radius 2 is 1.67 bits per heavy atom. The molecule has 0 heterocycles. The van der Waals surface area contributed by atoms with Crippen molar-refractivity contribution in [2.24, 2.45) is 11.8 Å². The maximum Gasteiger partial charge on any atom is 0.303 e. The molecule has 100 valence electrons. The van der Waals surface area contributed by atoms with E-state index in [0.717, 1.165) is 6.42 Å². The lowest BCUT2D eigenvalue weighted by atomic mass is 9.88. The Kier molecular flexibility index (Phi) is 5.39. The zero-order valence-corrected chi connectivity index (χ0v) is 11.8. The van der Waals surface area contributed by atoms with Crippen LogP contribution in [0.2, 0.25) is 0 Å². The largest absolute Gasteiger partial charge is 0.481 e. The Bertz CT molecular complexity index is 377. The molecule has 0 amide bonds. The normalized spacial score (nSPS) is 13.0. The molecule has 1 unspecified atom stereocenters. The summed E-state index contributed by atoms with van der Waals surface area (Å²) in [7, 11) is 0. The van der Waals surface area contributed by atoms with Gasteiger partial charge in [-0.1, -0.05) is 52.0 Å². The lowest BCUT2D eigenvalue weighted by Gasteiger charge is -2.19. The number of hydrogen-bond donors (Lipinski definition) is 1. The van der Waals surface area contributed by atoms with Gasteiger partial charge in [0.15, 0.2) is 0 Å². The molecule has 0 saturated carbocycles. The van der Waals surface area contributed by atoms with Gasteiger partial charge < -0.3 is 5.11 Å². The highest BCUT2D eigenvalue weighted by molar-refractivity contribution is 5.67. The summed E-state index contributed by atoms with van der Waals surface area (Å²) in [6.07, 6.45) is 1.10. The summed E-state index contributed by atoms with van der Waals surface area (Å²) >= 11 is 0. The van der Waals surface area contributed by atoms with Crippen molar-refractivity contribution in [2.45, 2.75) is 46.5 Å². The van der Waals surface area contributed by atoms with Gasteiger partial charge in [0, 0.05) is 6.42 Å². The van der Waals surface area contributed by atoms with E-state index >= 15 is 0 Å². The van der Waals surface area contributed by atoms with Gasteiger partial charge in [0.05, 0.1) is 0 Å². The first-order valence-corrected chi connectivity index (χ1v) is 6.70. The van der Waals surface area contributed by atoms with E-state index in [2.05, 4.69) is 52.0 Å². The van der Waals surface area contributed by atoms with Crippen LogP contribution in [0.1, 0.15) is 51.2 Å². The molecular formula is C16H24O2. The SMILES string of the molecule is CC(C)c1ccc(CC(C[14C](=O)O)C(C)C)cc1. The highest BCUT2D eigenvalue weighted by Crippen LogP contribution is 2.22. The molecule has 18 heavy (non-hydrogen) atoms. The Morgan fingerprint density at radius 1 is 1.11 bits per heavy atom. The van der Waals surface area contributed by atoms with E-state index in [1.54, 1.807) is 0 Å². The zero-order chi connectivity index (χ0) is 13.7. The van der Waals surface area contributed by atoms with Gasteiger partial charge in [0.1, 0.15) is 0 Å². The van der Waals surface area contributed by atoms with E-state index in [0.29, 0.717) is 11.8 Å². The van der Waals surface area contributed by atoms with Crippen LogP contribution < -0.4 is 0 Å². The van der Waals surface area contributed by atoms with Crippen LogP contribution in [0.4, 0.5) is 0 Å². The molecule has 2 heteroatoms. The molecule has 1 atom stereocenters. The van der Waals surface area contributed by atoms with E-state index in [1.807, 2.05) is 0 Å². The maximum atomic E-state index is 10.8. The Hall–Kier alpha value is -1.31. The average molecular weight is 250 g/mol. The van der Waals surface area contributed by atoms with Crippen LogP contribution in [0.15, 0.2) is 24.3 Å². The van der Waals surface area contributed by atoms with Gasteiger partial charge in [-0.3, -0.25) is 4.79 Å². The fourth-order valence-electron chi connectivity index (χ4n) is 2.11. The maximum absolute atomic E-state index is 10.8. The predicted molar refractivity (Wildman–Crippen MR) is 74.8 cm³/mol. The van der Waals surface area contributed by atoms with Crippen molar-refractivity contribution in [2.75, 3.05) is 0 Å². The Labute approximate surface area is 110 Å². The van der Waals surface area contributed by atoms with Crippen LogP contribution in [0.5, 0.6) is 0 Å². The molecule has 0 fully saturated rings. The van der Waals surface area contributed by atoms with E-state index in [1.165, 1.54) is 11.1 Å². The molecule has 1 aromatic carbocycles. The number of benzene rings is 1. The molecule has 0 aliphatic rings. The van der Waals surface area contributed by atoms with E-state index in [4.69, 9.17) is 5.11 Å². The van der Waals surface area contributed by atoms with Gasteiger partial charge in [0.25, 0.3) is 0 Å². The van der Waals surface area contributed by atoms with Crippen molar-refractivity contribution in [1.82, 2.24) is 0 Å². The monoisotopic (exact) mass is 250 g/mol. The lowest BCUT2D eigenvalue weighted by molar-refractivity contribution is -0.138. The van der Waals surface area contributed by atoms with Crippen LogP contribution in [-0.4, -0.2) is 11.1 Å². The molecule has 0 saturated heterocycles. The lowest BCUT2D eigenvalue weighted by Crippen LogP contribution is -2.16. The summed E-state index contributed by atoms with van der Waals surface area (Å²) in [4.78, 5) is 10.8. The minimum atomic E-state index is -0.701. The minimum absolute atomic E-state index is 0.215. The number of carbonyl (C=O) groups is 1.